The van der Waals surface area contributed by atoms with Gasteiger partial charge in [-0.25, -0.2) is 0 Å². The third-order valence-corrected chi connectivity index (χ3v) is 3.76. The lowest BCUT2D eigenvalue weighted by Crippen LogP contribution is -2.33. The molecule has 0 atom stereocenters. The van der Waals surface area contributed by atoms with E-state index in [0.717, 1.165) is 11.5 Å². The van der Waals surface area contributed by atoms with Gasteiger partial charge in [0, 0.05) is 6.54 Å². The molecule has 1 aromatic heterocycles. The Hall–Kier alpha value is -0.630. The Balaban J connectivity index is 2.95. The number of nitrogen functional groups attached to an aromatic ring is 1. The fraction of sp³-hybridized carbons (Fsp3) is 0.625. The van der Waals surface area contributed by atoms with Gasteiger partial charge in [-0.15, -0.1) is 11.8 Å². The highest BCUT2D eigenvalue weighted by Crippen LogP contribution is 2.38. The Morgan fingerprint density at radius 2 is 2.12 bits per heavy atom. The standard InChI is InChI=1S/C8H12F3N3S2/c1-3-14(4-8(9,10)11)7-5(15-2)6(12)13-16-7/h3-4H2,1-2H3,(H2,12,13). The van der Waals surface area contributed by atoms with Crippen LogP contribution >= 0.6 is 23.3 Å². The molecule has 0 aromatic carbocycles. The summed E-state index contributed by atoms with van der Waals surface area (Å²) in [7, 11) is 0. The van der Waals surface area contributed by atoms with Gasteiger partial charge in [-0.2, -0.15) is 17.5 Å². The Kier molecular flexibility index (Phi) is 4.31. The minimum atomic E-state index is -4.22. The number of hydrogen-bond donors (Lipinski definition) is 1. The maximum Gasteiger partial charge on any atom is 0.405 e. The molecular weight excluding hydrogens is 259 g/mol. The molecule has 1 aromatic rings. The molecule has 0 unspecified atom stereocenters. The zero-order valence-electron chi connectivity index (χ0n) is 8.84. The average Bonchev–Trinajstić information content (AvgIpc) is 2.54. The fourth-order valence-corrected chi connectivity index (χ4v) is 2.97. The number of rotatable bonds is 4. The first kappa shape index (κ1) is 13.4. The molecule has 0 spiro atoms. The highest BCUT2D eigenvalue weighted by Gasteiger charge is 2.32. The summed E-state index contributed by atoms with van der Waals surface area (Å²) in [5, 5.41) is 0.491. The van der Waals surface area contributed by atoms with Gasteiger partial charge in [0.2, 0.25) is 0 Å². The largest absolute Gasteiger partial charge is 0.405 e. The van der Waals surface area contributed by atoms with E-state index in [-0.39, 0.29) is 6.54 Å². The molecule has 0 aliphatic heterocycles. The first-order valence-corrected chi connectivity index (χ1v) is 6.49. The molecule has 92 valence electrons. The number of nitrogens with two attached hydrogens (primary N) is 1. The van der Waals surface area contributed by atoms with Crippen molar-refractivity contribution in [3.63, 3.8) is 0 Å². The van der Waals surface area contributed by atoms with Gasteiger partial charge in [0.1, 0.15) is 11.5 Å². The van der Waals surface area contributed by atoms with Gasteiger partial charge in [-0.05, 0) is 24.7 Å². The van der Waals surface area contributed by atoms with Gasteiger partial charge in [-0.1, -0.05) is 0 Å². The highest BCUT2D eigenvalue weighted by molar-refractivity contribution is 7.99. The molecule has 0 amide bonds. The van der Waals surface area contributed by atoms with Crippen LogP contribution in [-0.2, 0) is 0 Å². The van der Waals surface area contributed by atoms with Crippen LogP contribution < -0.4 is 10.6 Å². The summed E-state index contributed by atoms with van der Waals surface area (Å²) >= 11 is 2.32. The molecule has 1 heterocycles. The number of hydrogen-bond acceptors (Lipinski definition) is 5. The van der Waals surface area contributed by atoms with E-state index in [1.807, 2.05) is 0 Å². The topological polar surface area (TPSA) is 42.2 Å². The summed E-state index contributed by atoms with van der Waals surface area (Å²) < 4.78 is 40.9. The van der Waals surface area contributed by atoms with Crippen LogP contribution in [0.4, 0.5) is 24.0 Å². The van der Waals surface area contributed by atoms with Crippen molar-refractivity contribution in [2.45, 2.75) is 18.0 Å². The smallest absolute Gasteiger partial charge is 0.382 e. The molecule has 0 fully saturated rings. The highest BCUT2D eigenvalue weighted by atomic mass is 32.2. The number of aromatic nitrogens is 1. The Labute approximate surface area is 100.0 Å². The van der Waals surface area contributed by atoms with Gasteiger partial charge < -0.3 is 10.6 Å². The molecule has 8 heteroatoms. The maximum atomic E-state index is 12.3. The van der Waals surface area contributed by atoms with E-state index >= 15 is 0 Å². The van der Waals surface area contributed by atoms with Gasteiger partial charge in [0.25, 0.3) is 0 Å². The van der Waals surface area contributed by atoms with Crippen LogP contribution in [0.15, 0.2) is 4.90 Å². The monoisotopic (exact) mass is 271 g/mol. The van der Waals surface area contributed by atoms with E-state index in [1.54, 1.807) is 13.2 Å². The predicted molar refractivity (Wildman–Crippen MR) is 62.2 cm³/mol. The minimum Gasteiger partial charge on any atom is -0.382 e. The number of thioether (sulfide) groups is 1. The first-order chi connectivity index (χ1) is 7.39. The van der Waals surface area contributed by atoms with E-state index in [2.05, 4.69) is 4.37 Å². The summed E-state index contributed by atoms with van der Waals surface area (Å²) in [4.78, 5) is 1.86. The van der Waals surface area contributed by atoms with Gasteiger partial charge in [-0.3, -0.25) is 0 Å². The van der Waals surface area contributed by atoms with E-state index in [4.69, 9.17) is 5.73 Å². The lowest BCUT2D eigenvalue weighted by atomic mass is 10.4. The number of nitrogens with zero attached hydrogens (tertiary/aromatic N) is 2. The van der Waals surface area contributed by atoms with Gasteiger partial charge >= 0.3 is 6.18 Å². The van der Waals surface area contributed by atoms with E-state index < -0.39 is 12.7 Å². The molecule has 0 radical (unpaired) electrons. The van der Waals surface area contributed by atoms with E-state index in [9.17, 15) is 13.2 Å². The minimum absolute atomic E-state index is 0.273. The lowest BCUT2D eigenvalue weighted by Gasteiger charge is -2.23. The molecule has 0 aliphatic carbocycles. The van der Waals surface area contributed by atoms with Gasteiger partial charge in [0.05, 0.1) is 4.90 Å². The second-order valence-electron chi connectivity index (χ2n) is 3.04. The summed E-state index contributed by atoms with van der Waals surface area (Å²) in [6.07, 6.45) is -2.45. The van der Waals surface area contributed by atoms with E-state index in [0.29, 0.717) is 15.7 Å². The maximum absolute atomic E-state index is 12.3. The summed E-state index contributed by atoms with van der Waals surface area (Å²) in [6, 6.07) is 0. The van der Waals surface area contributed by atoms with Crippen molar-refractivity contribution in [2.24, 2.45) is 0 Å². The van der Waals surface area contributed by atoms with Crippen molar-refractivity contribution in [1.29, 1.82) is 0 Å². The average molecular weight is 271 g/mol. The van der Waals surface area contributed by atoms with Crippen LogP contribution in [0.5, 0.6) is 0 Å². The molecule has 0 bridgehead atoms. The fourth-order valence-electron chi connectivity index (χ4n) is 1.22. The van der Waals surface area contributed by atoms with Crippen LogP contribution in [0.2, 0.25) is 0 Å². The third-order valence-electron chi connectivity index (χ3n) is 1.90. The van der Waals surface area contributed by atoms with Crippen molar-refractivity contribution in [3.05, 3.63) is 0 Å². The van der Waals surface area contributed by atoms with Crippen molar-refractivity contribution < 1.29 is 13.2 Å². The zero-order chi connectivity index (χ0) is 12.3. The Morgan fingerprint density at radius 1 is 1.50 bits per heavy atom. The summed E-state index contributed by atoms with van der Waals surface area (Å²) in [5.41, 5.74) is 5.58. The van der Waals surface area contributed by atoms with Crippen LogP contribution in [0.1, 0.15) is 6.92 Å². The molecule has 0 saturated heterocycles. The van der Waals surface area contributed by atoms with Crippen molar-refractivity contribution in [2.75, 3.05) is 30.0 Å². The number of anilines is 2. The summed E-state index contributed by atoms with van der Waals surface area (Å²) in [6.45, 7) is 0.971. The Bertz CT molecular complexity index is 351. The van der Waals surface area contributed by atoms with Crippen molar-refractivity contribution in [1.82, 2.24) is 4.37 Å². The molecule has 1 rings (SSSR count). The molecule has 0 aliphatic rings. The SMILES string of the molecule is CCN(CC(F)(F)F)c1snc(N)c1SC. The molecule has 0 saturated carbocycles. The second kappa shape index (κ2) is 5.13. The quantitative estimate of drug-likeness (QED) is 0.855. The molecule has 16 heavy (non-hydrogen) atoms. The summed E-state index contributed by atoms with van der Waals surface area (Å²) in [5.74, 6) is 0.299. The normalized spacial score (nSPS) is 11.8. The molecular formula is C8H12F3N3S2. The molecule has 2 N–H and O–H groups in total. The second-order valence-corrected chi connectivity index (χ2v) is 4.60. The van der Waals surface area contributed by atoms with Gasteiger partial charge in [0.15, 0.2) is 5.82 Å². The van der Waals surface area contributed by atoms with Crippen LogP contribution in [0.3, 0.4) is 0 Å². The van der Waals surface area contributed by atoms with Crippen LogP contribution in [0, 0.1) is 0 Å². The number of halogens is 3. The predicted octanol–water partition coefficient (Wildman–Crippen LogP) is 2.84. The number of alkyl halides is 3. The third kappa shape index (κ3) is 3.18. The first-order valence-electron chi connectivity index (χ1n) is 4.50. The lowest BCUT2D eigenvalue weighted by molar-refractivity contribution is -0.119. The van der Waals surface area contributed by atoms with E-state index in [1.165, 1.54) is 16.7 Å². The van der Waals surface area contributed by atoms with Crippen LogP contribution in [0.25, 0.3) is 0 Å². The van der Waals surface area contributed by atoms with Crippen molar-refractivity contribution in [3.8, 4) is 0 Å². The zero-order valence-corrected chi connectivity index (χ0v) is 10.5. The van der Waals surface area contributed by atoms with Crippen molar-refractivity contribution >= 4 is 34.1 Å². The Morgan fingerprint density at radius 3 is 2.56 bits per heavy atom. The molecule has 3 nitrogen and oxygen atoms in total. The van der Waals surface area contributed by atoms with Crippen LogP contribution in [-0.4, -0.2) is 29.9 Å².